The number of rotatable bonds is 4. The Morgan fingerprint density at radius 2 is 1.46 bits per heavy atom. The van der Waals surface area contributed by atoms with Crippen molar-refractivity contribution in [3.05, 3.63) is 71.2 Å². The second-order valence-corrected chi connectivity index (χ2v) is 5.32. The van der Waals surface area contributed by atoms with E-state index in [1.54, 1.807) is 6.92 Å². The van der Waals surface area contributed by atoms with E-state index in [0.717, 1.165) is 24.3 Å². The van der Waals surface area contributed by atoms with Crippen LogP contribution in [0.1, 0.15) is 5.69 Å². The third-order valence-corrected chi connectivity index (χ3v) is 3.33. The maximum Gasteiger partial charge on any atom is 0.229 e. The molecule has 0 saturated carbocycles. The van der Waals surface area contributed by atoms with E-state index in [9.17, 15) is 22.0 Å². The molecule has 0 aliphatic heterocycles. The highest BCUT2D eigenvalue weighted by atomic mass is 19.2. The number of nitrogens with zero attached hydrogens (tertiary/aromatic N) is 2. The average molecular weight is 366 g/mol. The molecule has 0 aliphatic carbocycles. The van der Waals surface area contributed by atoms with Gasteiger partial charge in [-0.05, 0) is 31.2 Å². The van der Waals surface area contributed by atoms with Gasteiger partial charge in [0.25, 0.3) is 0 Å². The number of hydrogen-bond donors (Lipinski definition) is 2. The SMILES string of the molecule is Cc1cc(Nc2ccc(F)c(F)c2F)nc(Nc2ccc(F)c(F)c2)n1. The molecule has 0 unspecified atom stereocenters. The van der Waals surface area contributed by atoms with Crippen LogP contribution in [0.25, 0.3) is 0 Å². The van der Waals surface area contributed by atoms with Gasteiger partial charge in [0.1, 0.15) is 5.82 Å². The Hall–Kier alpha value is -3.23. The van der Waals surface area contributed by atoms with Gasteiger partial charge in [0.2, 0.25) is 5.95 Å². The lowest BCUT2D eigenvalue weighted by Gasteiger charge is -2.11. The Balaban J connectivity index is 1.88. The summed E-state index contributed by atoms with van der Waals surface area (Å²) in [6.07, 6.45) is 0. The van der Waals surface area contributed by atoms with E-state index in [1.165, 1.54) is 12.1 Å². The van der Waals surface area contributed by atoms with Crippen molar-refractivity contribution in [2.45, 2.75) is 6.92 Å². The Labute approximate surface area is 144 Å². The first-order chi connectivity index (χ1) is 12.3. The number of aryl methyl sites for hydroxylation is 1. The van der Waals surface area contributed by atoms with Gasteiger partial charge in [-0.2, -0.15) is 4.98 Å². The normalized spacial score (nSPS) is 10.7. The molecule has 26 heavy (non-hydrogen) atoms. The Bertz CT molecular complexity index is 978. The molecule has 2 aromatic carbocycles. The van der Waals surface area contributed by atoms with Gasteiger partial charge < -0.3 is 10.6 Å². The van der Waals surface area contributed by atoms with Crippen LogP contribution in [0, 0.1) is 36.0 Å². The first-order valence-electron chi connectivity index (χ1n) is 7.32. The fourth-order valence-corrected chi connectivity index (χ4v) is 2.15. The highest BCUT2D eigenvalue weighted by Gasteiger charge is 2.14. The molecule has 0 fully saturated rings. The minimum absolute atomic E-state index is 0.0153. The minimum Gasteiger partial charge on any atom is -0.338 e. The van der Waals surface area contributed by atoms with Gasteiger partial charge in [-0.15, -0.1) is 0 Å². The van der Waals surface area contributed by atoms with Crippen LogP contribution in [-0.4, -0.2) is 9.97 Å². The predicted molar refractivity (Wildman–Crippen MR) is 86.0 cm³/mol. The number of nitrogens with one attached hydrogen (secondary N) is 2. The lowest BCUT2D eigenvalue weighted by atomic mass is 10.2. The van der Waals surface area contributed by atoms with Crippen LogP contribution in [0.2, 0.25) is 0 Å². The van der Waals surface area contributed by atoms with Crippen molar-refractivity contribution in [2.75, 3.05) is 10.6 Å². The van der Waals surface area contributed by atoms with Crippen LogP contribution >= 0.6 is 0 Å². The lowest BCUT2D eigenvalue weighted by molar-refractivity contribution is 0.449. The molecular formula is C17H11F5N4. The Morgan fingerprint density at radius 1 is 0.731 bits per heavy atom. The number of halogens is 5. The molecule has 9 heteroatoms. The zero-order valence-corrected chi connectivity index (χ0v) is 13.2. The quantitative estimate of drug-likeness (QED) is 0.506. The van der Waals surface area contributed by atoms with Gasteiger partial charge in [0.05, 0.1) is 5.69 Å². The van der Waals surface area contributed by atoms with Gasteiger partial charge in [0, 0.05) is 23.5 Å². The molecule has 0 atom stereocenters. The van der Waals surface area contributed by atoms with Gasteiger partial charge in [-0.25, -0.2) is 26.9 Å². The summed E-state index contributed by atoms with van der Waals surface area (Å²) < 4.78 is 66.3. The van der Waals surface area contributed by atoms with Crippen LogP contribution < -0.4 is 10.6 Å². The van der Waals surface area contributed by atoms with Crippen molar-refractivity contribution in [1.29, 1.82) is 0 Å². The number of anilines is 4. The average Bonchev–Trinajstić information content (AvgIpc) is 2.58. The molecule has 4 nitrogen and oxygen atoms in total. The maximum atomic E-state index is 13.8. The van der Waals surface area contributed by atoms with Crippen LogP contribution in [0.15, 0.2) is 36.4 Å². The second-order valence-electron chi connectivity index (χ2n) is 5.32. The van der Waals surface area contributed by atoms with E-state index >= 15 is 0 Å². The number of aromatic nitrogens is 2. The molecule has 0 radical (unpaired) electrons. The molecule has 0 bridgehead atoms. The van der Waals surface area contributed by atoms with Crippen molar-refractivity contribution in [3.63, 3.8) is 0 Å². The predicted octanol–water partition coefficient (Wildman–Crippen LogP) is 4.97. The first-order valence-corrected chi connectivity index (χ1v) is 7.32. The summed E-state index contributed by atoms with van der Waals surface area (Å²) in [5.41, 5.74) is 0.329. The molecule has 134 valence electrons. The van der Waals surface area contributed by atoms with Crippen molar-refractivity contribution in [3.8, 4) is 0 Å². The largest absolute Gasteiger partial charge is 0.338 e. The summed E-state index contributed by atoms with van der Waals surface area (Å²) in [6, 6.07) is 6.37. The van der Waals surface area contributed by atoms with Crippen LogP contribution in [0.5, 0.6) is 0 Å². The second kappa shape index (κ2) is 6.95. The summed E-state index contributed by atoms with van der Waals surface area (Å²) in [7, 11) is 0. The van der Waals surface area contributed by atoms with Gasteiger partial charge in [0.15, 0.2) is 29.1 Å². The van der Waals surface area contributed by atoms with E-state index in [2.05, 4.69) is 20.6 Å². The highest BCUT2D eigenvalue weighted by molar-refractivity contribution is 5.60. The molecule has 0 saturated heterocycles. The van der Waals surface area contributed by atoms with E-state index < -0.39 is 29.1 Å². The molecule has 0 spiro atoms. The summed E-state index contributed by atoms with van der Waals surface area (Å²) in [5, 5.41) is 5.20. The smallest absolute Gasteiger partial charge is 0.229 e. The highest BCUT2D eigenvalue weighted by Crippen LogP contribution is 2.24. The molecule has 1 aromatic heterocycles. The monoisotopic (exact) mass is 366 g/mol. The number of benzene rings is 2. The summed E-state index contributed by atoms with van der Waals surface area (Å²) in [6.45, 7) is 1.62. The summed E-state index contributed by atoms with van der Waals surface area (Å²) >= 11 is 0. The van der Waals surface area contributed by atoms with E-state index in [4.69, 9.17) is 0 Å². The zero-order chi connectivity index (χ0) is 18.8. The fraction of sp³-hybridized carbons (Fsp3) is 0.0588. The van der Waals surface area contributed by atoms with Crippen LogP contribution in [-0.2, 0) is 0 Å². The van der Waals surface area contributed by atoms with Gasteiger partial charge in [-0.3, -0.25) is 0 Å². The standard InChI is InChI=1S/C17H11F5N4/c1-8-6-14(25-13-5-4-11(19)15(21)16(13)22)26-17(23-8)24-9-2-3-10(18)12(20)7-9/h2-7H,1H3,(H2,23,24,25,26). The topological polar surface area (TPSA) is 49.8 Å². The molecule has 0 aliphatic rings. The molecule has 0 amide bonds. The Kier molecular flexibility index (Phi) is 4.70. The fourth-order valence-electron chi connectivity index (χ4n) is 2.15. The van der Waals surface area contributed by atoms with Crippen molar-refractivity contribution < 1.29 is 22.0 Å². The van der Waals surface area contributed by atoms with Crippen molar-refractivity contribution in [2.24, 2.45) is 0 Å². The van der Waals surface area contributed by atoms with E-state index in [1.807, 2.05) is 0 Å². The summed E-state index contributed by atoms with van der Waals surface area (Å²) in [4.78, 5) is 8.11. The van der Waals surface area contributed by atoms with Gasteiger partial charge >= 0.3 is 0 Å². The lowest BCUT2D eigenvalue weighted by Crippen LogP contribution is -2.04. The summed E-state index contributed by atoms with van der Waals surface area (Å²) in [5.74, 6) is -6.26. The van der Waals surface area contributed by atoms with Crippen molar-refractivity contribution >= 4 is 23.1 Å². The molecule has 1 heterocycles. The maximum absolute atomic E-state index is 13.8. The molecular weight excluding hydrogens is 355 g/mol. The first kappa shape index (κ1) is 17.6. The number of hydrogen-bond acceptors (Lipinski definition) is 4. The van der Waals surface area contributed by atoms with Gasteiger partial charge in [-0.1, -0.05) is 0 Å². The van der Waals surface area contributed by atoms with E-state index in [0.29, 0.717) is 5.69 Å². The zero-order valence-electron chi connectivity index (χ0n) is 13.2. The third kappa shape index (κ3) is 3.71. The van der Waals surface area contributed by atoms with Crippen molar-refractivity contribution in [1.82, 2.24) is 9.97 Å². The van der Waals surface area contributed by atoms with Crippen LogP contribution in [0.3, 0.4) is 0 Å². The molecule has 3 aromatic rings. The Morgan fingerprint density at radius 3 is 2.19 bits per heavy atom. The van der Waals surface area contributed by atoms with Crippen LogP contribution in [0.4, 0.5) is 45.1 Å². The third-order valence-electron chi connectivity index (χ3n) is 3.33. The molecule has 3 rings (SSSR count). The molecule has 2 N–H and O–H groups in total. The minimum atomic E-state index is -1.61. The van der Waals surface area contributed by atoms with E-state index in [-0.39, 0.29) is 23.1 Å².